The minimum Gasteiger partial charge on any atom is -0.462 e. The second-order valence-corrected chi connectivity index (χ2v) is 7.73. The molecule has 0 fully saturated rings. The van der Waals surface area contributed by atoms with Gasteiger partial charge in [0.15, 0.2) is 0 Å². The van der Waals surface area contributed by atoms with E-state index in [9.17, 15) is 14.4 Å². The molecule has 156 valence electrons. The van der Waals surface area contributed by atoms with E-state index in [1.165, 1.54) is 0 Å². The molecule has 2 rings (SSSR count). The molecule has 1 heterocycles. The van der Waals surface area contributed by atoms with Crippen LogP contribution in [0.3, 0.4) is 0 Å². The van der Waals surface area contributed by atoms with Crippen molar-refractivity contribution in [2.75, 3.05) is 25.0 Å². The highest BCUT2D eigenvalue weighted by molar-refractivity contribution is 7.18. The number of aryl methyl sites for hydroxylation is 2. The normalized spacial score (nSPS) is 10.6. The van der Waals surface area contributed by atoms with Crippen LogP contribution in [0.5, 0.6) is 0 Å². The van der Waals surface area contributed by atoms with Crippen molar-refractivity contribution >= 4 is 34.1 Å². The number of esters is 1. The van der Waals surface area contributed by atoms with Gasteiger partial charge in [0.25, 0.3) is 11.8 Å². The molecule has 1 aromatic carbocycles. The summed E-state index contributed by atoms with van der Waals surface area (Å²) in [5, 5.41) is 3.14. The van der Waals surface area contributed by atoms with Crippen molar-refractivity contribution in [2.45, 2.75) is 41.5 Å². The Hall–Kier alpha value is -2.67. The highest BCUT2D eigenvalue weighted by Crippen LogP contribution is 2.35. The van der Waals surface area contributed by atoms with Gasteiger partial charge in [0.1, 0.15) is 5.00 Å². The third-order valence-electron chi connectivity index (χ3n) is 4.87. The van der Waals surface area contributed by atoms with Gasteiger partial charge >= 0.3 is 5.97 Å². The number of hydrogen-bond acceptors (Lipinski definition) is 5. The Balaban J connectivity index is 2.47. The molecule has 2 aromatic rings. The Labute approximate surface area is 175 Å². The first-order valence-corrected chi connectivity index (χ1v) is 10.5. The molecule has 6 nitrogen and oxygen atoms in total. The molecular formula is C22H28N2O4S. The first kappa shape index (κ1) is 22.6. The van der Waals surface area contributed by atoms with Crippen LogP contribution in [0.25, 0.3) is 0 Å². The summed E-state index contributed by atoms with van der Waals surface area (Å²) >= 11 is 1.11. The Kier molecular flexibility index (Phi) is 7.56. The van der Waals surface area contributed by atoms with Crippen LogP contribution in [-0.2, 0) is 4.74 Å². The highest BCUT2D eigenvalue weighted by atomic mass is 32.1. The number of carbonyl (C=O) groups excluding carboxylic acids is 3. The minimum absolute atomic E-state index is 0.158. The molecular weight excluding hydrogens is 388 g/mol. The van der Waals surface area contributed by atoms with Crippen molar-refractivity contribution < 1.29 is 19.1 Å². The second-order valence-electron chi connectivity index (χ2n) is 6.71. The second kappa shape index (κ2) is 9.69. The lowest BCUT2D eigenvalue weighted by Gasteiger charge is -2.18. The summed E-state index contributed by atoms with van der Waals surface area (Å²) in [6.07, 6.45) is 0. The predicted octanol–water partition coefficient (Wildman–Crippen LogP) is 4.58. The third-order valence-corrected chi connectivity index (χ3v) is 6.06. The fourth-order valence-corrected chi connectivity index (χ4v) is 4.12. The molecule has 0 atom stereocenters. The van der Waals surface area contributed by atoms with Crippen molar-refractivity contribution in [3.63, 3.8) is 0 Å². The number of thiophene rings is 1. The van der Waals surface area contributed by atoms with E-state index in [1.54, 1.807) is 30.9 Å². The van der Waals surface area contributed by atoms with Crippen molar-refractivity contribution in [1.29, 1.82) is 0 Å². The number of nitrogens with one attached hydrogen (secondary N) is 1. The van der Waals surface area contributed by atoms with Crippen LogP contribution in [0.1, 0.15) is 67.8 Å². The zero-order valence-electron chi connectivity index (χ0n) is 17.8. The first-order chi connectivity index (χ1) is 13.7. The minimum atomic E-state index is -0.546. The molecule has 1 aromatic heterocycles. The number of rotatable bonds is 7. The third kappa shape index (κ3) is 4.85. The molecule has 0 spiro atoms. The van der Waals surface area contributed by atoms with E-state index < -0.39 is 5.97 Å². The van der Waals surface area contributed by atoms with Crippen LogP contribution in [-0.4, -0.2) is 42.4 Å². The Morgan fingerprint density at radius 3 is 2.24 bits per heavy atom. The lowest BCUT2D eigenvalue weighted by Crippen LogP contribution is -2.30. The molecule has 0 saturated carbocycles. The van der Waals surface area contributed by atoms with Gasteiger partial charge in [-0.25, -0.2) is 4.79 Å². The molecule has 0 aliphatic heterocycles. The summed E-state index contributed by atoms with van der Waals surface area (Å²) in [5.41, 5.74) is 3.35. The van der Waals surface area contributed by atoms with Gasteiger partial charge in [-0.2, -0.15) is 0 Å². The van der Waals surface area contributed by atoms with Crippen molar-refractivity contribution in [1.82, 2.24) is 4.90 Å². The van der Waals surface area contributed by atoms with Crippen LogP contribution in [0.4, 0.5) is 5.00 Å². The van der Waals surface area contributed by atoms with E-state index in [2.05, 4.69) is 5.32 Å². The average molecular weight is 417 g/mol. The number of ether oxygens (including phenoxy) is 1. The topological polar surface area (TPSA) is 75.7 Å². The number of benzene rings is 1. The van der Waals surface area contributed by atoms with Gasteiger partial charge in [-0.3, -0.25) is 9.59 Å². The quantitative estimate of drug-likeness (QED) is 0.670. The maximum absolute atomic E-state index is 12.9. The van der Waals surface area contributed by atoms with Crippen LogP contribution in [0.15, 0.2) is 18.2 Å². The van der Waals surface area contributed by atoms with Gasteiger partial charge in [0.05, 0.1) is 17.0 Å². The van der Waals surface area contributed by atoms with E-state index in [1.807, 2.05) is 33.8 Å². The van der Waals surface area contributed by atoms with Crippen LogP contribution in [0.2, 0.25) is 0 Å². The first-order valence-electron chi connectivity index (χ1n) is 9.73. The molecule has 0 bridgehead atoms. The zero-order chi connectivity index (χ0) is 21.7. The molecule has 0 unspecified atom stereocenters. The average Bonchev–Trinajstić information content (AvgIpc) is 3.00. The van der Waals surface area contributed by atoms with Gasteiger partial charge in [-0.1, -0.05) is 6.07 Å². The Morgan fingerprint density at radius 2 is 1.69 bits per heavy atom. The fraction of sp³-hybridized carbons (Fsp3) is 0.409. The molecule has 1 N–H and O–H groups in total. The van der Waals surface area contributed by atoms with E-state index >= 15 is 0 Å². The van der Waals surface area contributed by atoms with Crippen LogP contribution >= 0.6 is 11.3 Å². The molecule has 7 heteroatoms. The van der Waals surface area contributed by atoms with Crippen LogP contribution in [0, 0.1) is 20.8 Å². The number of carbonyl (C=O) groups is 3. The van der Waals surface area contributed by atoms with Gasteiger partial charge in [0.2, 0.25) is 0 Å². The van der Waals surface area contributed by atoms with Gasteiger partial charge in [-0.05, 0) is 70.4 Å². The lowest BCUT2D eigenvalue weighted by atomic mass is 10.1. The lowest BCUT2D eigenvalue weighted by molar-refractivity contribution is 0.0527. The van der Waals surface area contributed by atoms with Gasteiger partial charge in [0, 0.05) is 18.7 Å². The SMILES string of the molecule is CCOC(=O)c1c(NC(=O)c2ccc(C)c(C)c2)sc(C(=O)N(CC)CC)c1C. The molecule has 2 amide bonds. The summed E-state index contributed by atoms with van der Waals surface area (Å²) in [5.74, 6) is -1.04. The maximum atomic E-state index is 12.9. The zero-order valence-corrected chi connectivity index (χ0v) is 18.7. The fourth-order valence-electron chi connectivity index (χ4n) is 2.97. The van der Waals surface area contributed by atoms with Crippen molar-refractivity contribution in [3.8, 4) is 0 Å². The summed E-state index contributed by atoms with van der Waals surface area (Å²) in [6.45, 7) is 12.5. The standard InChI is InChI=1S/C22H28N2O4S/c1-7-24(8-2)21(26)18-15(6)17(22(27)28-9-3)20(29-18)23-19(25)16-11-10-13(4)14(5)12-16/h10-12H,7-9H2,1-6H3,(H,23,25). The van der Waals surface area contributed by atoms with E-state index in [-0.39, 0.29) is 24.0 Å². The Bertz CT molecular complexity index is 929. The summed E-state index contributed by atoms with van der Waals surface area (Å²) in [7, 11) is 0. The Morgan fingerprint density at radius 1 is 1.03 bits per heavy atom. The summed E-state index contributed by atoms with van der Waals surface area (Å²) in [4.78, 5) is 40.4. The van der Waals surface area contributed by atoms with E-state index in [4.69, 9.17) is 4.74 Å². The number of nitrogens with zero attached hydrogens (tertiary/aromatic N) is 1. The molecule has 0 aliphatic carbocycles. The highest BCUT2D eigenvalue weighted by Gasteiger charge is 2.28. The van der Waals surface area contributed by atoms with Crippen LogP contribution < -0.4 is 5.32 Å². The molecule has 0 aliphatic rings. The maximum Gasteiger partial charge on any atom is 0.341 e. The largest absolute Gasteiger partial charge is 0.462 e. The summed E-state index contributed by atoms with van der Waals surface area (Å²) < 4.78 is 5.17. The number of anilines is 1. The summed E-state index contributed by atoms with van der Waals surface area (Å²) in [6, 6.07) is 5.42. The smallest absolute Gasteiger partial charge is 0.341 e. The van der Waals surface area contributed by atoms with Gasteiger partial charge in [-0.15, -0.1) is 11.3 Å². The van der Waals surface area contributed by atoms with Crippen molar-refractivity contribution in [3.05, 3.63) is 50.9 Å². The van der Waals surface area contributed by atoms with E-state index in [0.29, 0.717) is 34.1 Å². The number of amides is 2. The van der Waals surface area contributed by atoms with E-state index in [0.717, 1.165) is 22.5 Å². The molecule has 29 heavy (non-hydrogen) atoms. The monoisotopic (exact) mass is 416 g/mol. The number of hydrogen-bond donors (Lipinski definition) is 1. The van der Waals surface area contributed by atoms with Crippen molar-refractivity contribution in [2.24, 2.45) is 0 Å². The predicted molar refractivity (Wildman–Crippen MR) is 116 cm³/mol. The van der Waals surface area contributed by atoms with Gasteiger partial charge < -0.3 is 15.0 Å². The molecule has 0 saturated heterocycles. The molecule has 0 radical (unpaired) electrons.